The van der Waals surface area contributed by atoms with Gasteiger partial charge in [-0.15, -0.1) is 29.0 Å². The van der Waals surface area contributed by atoms with Crippen molar-refractivity contribution in [2.24, 2.45) is 0 Å². The van der Waals surface area contributed by atoms with Gasteiger partial charge in [-0.1, -0.05) is 6.42 Å². The Kier molecular flexibility index (Phi) is 8.77. The van der Waals surface area contributed by atoms with E-state index in [-0.39, 0.29) is 55.7 Å². The Morgan fingerprint density at radius 1 is 1.12 bits per heavy atom. The summed E-state index contributed by atoms with van der Waals surface area (Å²) in [6.07, 6.45) is 3.39. The predicted octanol–water partition coefficient (Wildman–Crippen LogP) is 0.981. The molecule has 2 aliphatic heterocycles. The van der Waals surface area contributed by atoms with Gasteiger partial charge in [0.15, 0.2) is 0 Å². The Labute approximate surface area is 164 Å². The molecular formula is C16H26IN3O5. The van der Waals surface area contributed by atoms with Crippen LogP contribution >= 0.6 is 24.0 Å². The van der Waals surface area contributed by atoms with E-state index in [0.717, 1.165) is 12.8 Å². The fraction of sp³-hybridized carbons (Fsp3) is 0.750. The Balaban J connectivity index is 0.00000312. The normalized spacial score (nSPS) is 24.0. The van der Waals surface area contributed by atoms with Gasteiger partial charge in [0.1, 0.15) is 0 Å². The Hall–Kier alpha value is -1.23. The second-order valence-electron chi connectivity index (χ2n) is 6.45. The third-order valence-corrected chi connectivity index (χ3v) is 4.55. The van der Waals surface area contributed by atoms with Gasteiger partial charge in [0, 0.05) is 31.5 Å². The second kappa shape index (κ2) is 10.0. The molecule has 0 saturated carbocycles. The van der Waals surface area contributed by atoms with E-state index >= 15 is 0 Å². The molecule has 2 aliphatic rings. The van der Waals surface area contributed by atoms with Gasteiger partial charge in [-0.25, -0.2) is 4.79 Å². The number of carbonyl (C=O) groups is 4. The number of nitrogens with zero attached hydrogens (tertiary/aromatic N) is 2. The molecule has 0 bridgehead atoms. The number of nitrogens with one attached hydrogen (secondary N) is 1. The van der Waals surface area contributed by atoms with Gasteiger partial charge in [-0.2, -0.15) is 0 Å². The lowest BCUT2D eigenvalue weighted by atomic mass is 9.98. The van der Waals surface area contributed by atoms with Gasteiger partial charge >= 0.3 is 5.97 Å². The highest BCUT2D eigenvalue weighted by atomic mass is 127. The van der Waals surface area contributed by atoms with Crippen molar-refractivity contribution in [3.63, 3.8) is 0 Å². The van der Waals surface area contributed by atoms with Crippen LogP contribution in [0.25, 0.3) is 0 Å². The molecule has 0 unspecified atom stereocenters. The summed E-state index contributed by atoms with van der Waals surface area (Å²) < 4.78 is 0. The third-order valence-electron chi connectivity index (χ3n) is 4.55. The van der Waals surface area contributed by atoms with Gasteiger partial charge in [0.25, 0.3) is 11.8 Å². The average Bonchev–Trinajstić information content (AvgIpc) is 2.83. The standard InChI is InChI=1S/C16H25N3O5.HI/c1-11-4-3-5-12(2)18(11)10-13(20)17-9-8-16(23)24-19-14(21)6-7-15(19)22;/h11-12H,3-10H2,1-2H3,(H,17,20);1H/t11-,12+;/i8+1,9+1,13+1,16+1,17+1;. The summed E-state index contributed by atoms with van der Waals surface area (Å²) in [5, 5.41) is 3.19. The van der Waals surface area contributed by atoms with Gasteiger partial charge in [-0.3, -0.25) is 19.3 Å². The maximum Gasteiger partial charge on any atom is 0.334 e. The highest BCUT2D eigenvalue weighted by molar-refractivity contribution is 14.0. The molecule has 2 fully saturated rings. The van der Waals surface area contributed by atoms with Crippen molar-refractivity contribution in [1.82, 2.24) is 15.3 Å². The van der Waals surface area contributed by atoms with E-state index in [1.807, 2.05) is 0 Å². The molecule has 1 N–H and O–H groups in total. The number of piperidine rings is 1. The van der Waals surface area contributed by atoms with E-state index in [4.69, 9.17) is 4.84 Å². The molecule has 0 aromatic rings. The summed E-state index contributed by atoms with van der Waals surface area (Å²) in [4.78, 5) is 53.2. The summed E-state index contributed by atoms with van der Waals surface area (Å²) in [7, 11) is 0. The molecule has 0 aliphatic carbocycles. The van der Waals surface area contributed by atoms with Crippen molar-refractivity contribution in [2.75, 3.05) is 13.1 Å². The van der Waals surface area contributed by atoms with Crippen LogP contribution in [0.4, 0.5) is 0 Å². The predicted molar refractivity (Wildman–Crippen MR) is 99.7 cm³/mol. The molecule has 3 amide bonds. The number of rotatable bonds is 6. The quantitative estimate of drug-likeness (QED) is 0.268. The van der Waals surface area contributed by atoms with Crippen molar-refractivity contribution >= 4 is 47.7 Å². The van der Waals surface area contributed by atoms with Crippen LogP contribution in [0.3, 0.4) is 0 Å². The van der Waals surface area contributed by atoms with E-state index in [2.05, 4.69) is 24.1 Å². The SMILES string of the molecule is C[C@@H]1CCC[C@H](C)N1C[13C](=O)[15NH][13CH2][13CH2][13C](=O)ON1C(=O)CCC1=O.I. The summed E-state index contributed by atoms with van der Waals surface area (Å²) in [6.45, 7) is 4.65. The van der Waals surface area contributed by atoms with Crippen LogP contribution in [0.5, 0.6) is 0 Å². The Bertz CT molecular complexity index is 502. The number of hydroxylamine groups is 2. The first-order valence-corrected chi connectivity index (χ1v) is 8.47. The van der Waals surface area contributed by atoms with Crippen LogP contribution in [0.2, 0.25) is 0 Å². The lowest BCUT2D eigenvalue weighted by molar-refractivity contribution is -0.197. The zero-order valence-electron chi connectivity index (χ0n) is 14.7. The molecule has 0 aromatic carbocycles. The van der Waals surface area contributed by atoms with Gasteiger partial charge in [-0.05, 0) is 26.7 Å². The van der Waals surface area contributed by atoms with Gasteiger partial charge in [0.2, 0.25) is 5.91 Å². The zero-order chi connectivity index (χ0) is 17.7. The van der Waals surface area contributed by atoms with Crippen molar-refractivity contribution in [1.29, 1.82) is 0 Å². The smallest absolute Gasteiger partial charge is 0.334 e. The van der Waals surface area contributed by atoms with E-state index < -0.39 is 17.8 Å². The molecule has 0 radical (unpaired) electrons. The largest absolute Gasteiger partial charge is 0.354 e. The number of likely N-dealkylation sites (tertiary alicyclic amines) is 1. The minimum absolute atomic E-state index is 0. The fourth-order valence-corrected chi connectivity index (χ4v) is 3.12. The summed E-state index contributed by atoms with van der Waals surface area (Å²) in [5.74, 6) is -1.87. The maximum absolute atomic E-state index is 12.0. The molecule has 2 heterocycles. The second-order valence-corrected chi connectivity index (χ2v) is 6.45. The molecular weight excluding hydrogens is 446 g/mol. The molecule has 9 heteroatoms. The minimum Gasteiger partial charge on any atom is -0.354 e. The summed E-state index contributed by atoms with van der Waals surface area (Å²) >= 11 is 0. The lowest BCUT2D eigenvalue weighted by Gasteiger charge is -2.38. The van der Waals surface area contributed by atoms with Crippen molar-refractivity contribution in [3.8, 4) is 0 Å². The Morgan fingerprint density at radius 3 is 2.24 bits per heavy atom. The van der Waals surface area contributed by atoms with Crippen molar-refractivity contribution < 1.29 is 24.0 Å². The molecule has 0 spiro atoms. The van der Waals surface area contributed by atoms with Crippen molar-refractivity contribution in [3.05, 3.63) is 0 Å². The molecule has 0 aromatic heterocycles. The first kappa shape index (κ1) is 21.8. The number of amides is 3. The molecule has 142 valence electrons. The van der Waals surface area contributed by atoms with E-state index in [9.17, 15) is 19.2 Å². The lowest BCUT2D eigenvalue weighted by Crippen LogP contribution is -2.48. The number of halogens is 1. The van der Waals surface area contributed by atoms with Crippen LogP contribution in [0.15, 0.2) is 0 Å². The summed E-state index contributed by atoms with van der Waals surface area (Å²) in [5.41, 5.74) is 0. The molecule has 25 heavy (non-hydrogen) atoms. The number of imide groups is 1. The van der Waals surface area contributed by atoms with E-state index in [1.165, 1.54) is 6.42 Å². The number of hydrogen-bond acceptors (Lipinski definition) is 6. The van der Waals surface area contributed by atoms with Crippen LogP contribution in [-0.4, -0.2) is 58.8 Å². The topological polar surface area (TPSA) is 96.0 Å². The zero-order valence-corrected chi connectivity index (χ0v) is 17.0. The first-order chi connectivity index (χ1) is 11.4. The monoisotopic (exact) mass is 472 g/mol. The molecule has 2 atom stereocenters. The van der Waals surface area contributed by atoms with Crippen LogP contribution < -0.4 is 5.32 Å². The number of carbonyl (C=O) groups excluding carboxylic acids is 4. The van der Waals surface area contributed by atoms with Crippen LogP contribution in [0.1, 0.15) is 52.4 Å². The van der Waals surface area contributed by atoms with Crippen molar-refractivity contribution in [2.45, 2.75) is 64.5 Å². The van der Waals surface area contributed by atoms with Gasteiger partial charge in [0.05, 0.1) is 13.0 Å². The highest BCUT2D eigenvalue weighted by Crippen LogP contribution is 2.21. The van der Waals surface area contributed by atoms with Crippen LogP contribution in [-0.2, 0) is 24.0 Å². The molecule has 2 rings (SSSR count). The highest BCUT2D eigenvalue weighted by Gasteiger charge is 2.32. The number of hydrogen-bond donors (Lipinski definition) is 1. The average molecular weight is 472 g/mol. The maximum atomic E-state index is 12.0. The summed E-state index contributed by atoms with van der Waals surface area (Å²) in [6, 6.07) is 0.744. The third kappa shape index (κ3) is 6.21. The van der Waals surface area contributed by atoms with E-state index in [1.54, 1.807) is 0 Å². The first-order valence-electron chi connectivity index (χ1n) is 8.47. The minimum atomic E-state index is -0.710. The fourth-order valence-electron chi connectivity index (χ4n) is 3.12. The van der Waals surface area contributed by atoms with Gasteiger partial charge < -0.3 is 10.2 Å². The molecule has 8 nitrogen and oxygen atoms in total. The van der Waals surface area contributed by atoms with E-state index in [0.29, 0.717) is 23.7 Å². The Morgan fingerprint density at radius 2 is 1.68 bits per heavy atom. The molecule has 2 saturated heterocycles. The van der Waals surface area contributed by atoms with Crippen LogP contribution in [0, 0.1) is 0 Å².